The normalized spacial score (nSPS) is 14.5. The van der Waals surface area contributed by atoms with Crippen molar-refractivity contribution in [2.75, 3.05) is 6.61 Å². The average Bonchev–Trinajstić information content (AvgIpc) is 2.11. The first-order valence-corrected chi connectivity index (χ1v) is 4.91. The summed E-state index contributed by atoms with van der Waals surface area (Å²) < 4.78 is 0. The third-order valence-electron chi connectivity index (χ3n) is 1.84. The lowest BCUT2D eigenvalue weighted by Gasteiger charge is -2.15. The molecule has 0 saturated carbocycles. The second-order valence-electron chi connectivity index (χ2n) is 3.64. The van der Waals surface area contributed by atoms with Gasteiger partial charge >= 0.3 is 0 Å². The number of aliphatic hydroxyl groups is 2. The van der Waals surface area contributed by atoms with E-state index in [1.54, 1.807) is 6.92 Å². The quantitative estimate of drug-likeness (QED) is 0.504. The molecule has 76 valence electrons. The third kappa shape index (κ3) is 7.83. The summed E-state index contributed by atoms with van der Waals surface area (Å²) in [5.41, 5.74) is -1.03. The molecule has 1 atom stereocenters. The molecule has 0 radical (unpaired) electrons. The molecule has 0 aromatic rings. The van der Waals surface area contributed by atoms with Gasteiger partial charge in [0, 0.05) is 12.8 Å². The summed E-state index contributed by atoms with van der Waals surface area (Å²) in [5.74, 6) is 5.86. The first-order valence-electron chi connectivity index (χ1n) is 4.91. The molecule has 0 amide bonds. The molecule has 0 aromatic heterocycles. The van der Waals surface area contributed by atoms with E-state index in [-0.39, 0.29) is 6.61 Å². The van der Waals surface area contributed by atoms with E-state index in [0.29, 0.717) is 6.42 Å². The number of unbranched alkanes of at least 4 members (excludes halogenated alkanes) is 3. The van der Waals surface area contributed by atoms with Gasteiger partial charge in [-0.05, 0) is 13.3 Å². The summed E-state index contributed by atoms with van der Waals surface area (Å²) in [6.45, 7) is 3.52. The predicted molar refractivity (Wildman–Crippen MR) is 54.2 cm³/mol. The van der Waals surface area contributed by atoms with Crippen molar-refractivity contribution in [2.45, 2.75) is 51.6 Å². The molecule has 0 bridgehead atoms. The maximum atomic E-state index is 9.37. The minimum atomic E-state index is -1.03. The summed E-state index contributed by atoms with van der Waals surface area (Å²) in [5, 5.41) is 18.1. The summed E-state index contributed by atoms with van der Waals surface area (Å²) in [7, 11) is 0. The molecule has 0 aliphatic carbocycles. The Morgan fingerprint density at radius 2 is 1.92 bits per heavy atom. The molecule has 0 unspecified atom stereocenters. The molecule has 2 nitrogen and oxygen atoms in total. The van der Waals surface area contributed by atoms with Gasteiger partial charge in [-0.2, -0.15) is 0 Å². The van der Waals surface area contributed by atoms with Crippen LogP contribution >= 0.6 is 0 Å². The van der Waals surface area contributed by atoms with Crippen molar-refractivity contribution in [2.24, 2.45) is 0 Å². The van der Waals surface area contributed by atoms with E-state index in [9.17, 15) is 5.11 Å². The van der Waals surface area contributed by atoms with E-state index in [4.69, 9.17) is 5.11 Å². The number of rotatable bonds is 5. The number of aliphatic hydroxyl groups excluding tert-OH is 1. The Labute approximate surface area is 81.0 Å². The van der Waals surface area contributed by atoms with Gasteiger partial charge in [0.2, 0.25) is 0 Å². The molecular formula is C11H20O2. The molecule has 2 heteroatoms. The highest BCUT2D eigenvalue weighted by Crippen LogP contribution is 2.06. The first kappa shape index (κ1) is 12.5. The Hall–Kier alpha value is -0.520. The van der Waals surface area contributed by atoms with Crippen LogP contribution in [0.15, 0.2) is 0 Å². The van der Waals surface area contributed by atoms with Crippen LogP contribution in [0.1, 0.15) is 46.0 Å². The van der Waals surface area contributed by atoms with Crippen LogP contribution in [0.3, 0.4) is 0 Å². The topological polar surface area (TPSA) is 40.5 Å². The van der Waals surface area contributed by atoms with Gasteiger partial charge < -0.3 is 10.2 Å². The second kappa shape index (κ2) is 6.94. The summed E-state index contributed by atoms with van der Waals surface area (Å²) in [6, 6.07) is 0. The van der Waals surface area contributed by atoms with Gasteiger partial charge in [-0.1, -0.05) is 19.8 Å². The summed E-state index contributed by atoms with van der Waals surface area (Å²) in [6.07, 6.45) is 4.80. The zero-order valence-electron chi connectivity index (χ0n) is 8.64. The minimum absolute atomic E-state index is 0.226. The molecule has 0 fully saturated rings. The molecule has 0 saturated heterocycles. The number of hydrogen-bond acceptors (Lipinski definition) is 2. The van der Waals surface area contributed by atoms with Crippen LogP contribution in [0.4, 0.5) is 0 Å². The summed E-state index contributed by atoms with van der Waals surface area (Å²) >= 11 is 0. The van der Waals surface area contributed by atoms with Gasteiger partial charge in [0.05, 0.1) is 12.2 Å². The standard InChI is InChI=1S/C11H20O2/c1-3-4-5-6-7-8-9-11(2,13)10-12/h12-13H,3-6,9-10H2,1-2H3/t11-/m0/s1. The molecule has 0 aliphatic rings. The fourth-order valence-electron chi connectivity index (χ4n) is 0.861. The van der Waals surface area contributed by atoms with Crippen LogP contribution in [0, 0.1) is 11.8 Å². The Morgan fingerprint density at radius 1 is 1.23 bits per heavy atom. The van der Waals surface area contributed by atoms with E-state index >= 15 is 0 Å². The molecule has 0 rings (SSSR count). The van der Waals surface area contributed by atoms with Crippen molar-refractivity contribution in [3.63, 3.8) is 0 Å². The van der Waals surface area contributed by atoms with Crippen LogP contribution in [-0.4, -0.2) is 22.4 Å². The van der Waals surface area contributed by atoms with Crippen molar-refractivity contribution in [1.82, 2.24) is 0 Å². The maximum absolute atomic E-state index is 9.37. The highest BCUT2D eigenvalue weighted by Gasteiger charge is 2.16. The van der Waals surface area contributed by atoms with Crippen LogP contribution in [-0.2, 0) is 0 Å². The largest absolute Gasteiger partial charge is 0.393 e. The van der Waals surface area contributed by atoms with Crippen molar-refractivity contribution in [3.8, 4) is 11.8 Å². The van der Waals surface area contributed by atoms with Crippen LogP contribution in [0.25, 0.3) is 0 Å². The molecule has 0 heterocycles. The Morgan fingerprint density at radius 3 is 2.46 bits per heavy atom. The van der Waals surface area contributed by atoms with Gasteiger partial charge in [-0.25, -0.2) is 0 Å². The average molecular weight is 184 g/mol. The van der Waals surface area contributed by atoms with E-state index in [1.807, 2.05) is 0 Å². The molecule has 0 aromatic carbocycles. The first-order chi connectivity index (χ1) is 6.12. The number of hydrogen-bond donors (Lipinski definition) is 2. The van der Waals surface area contributed by atoms with Crippen LogP contribution < -0.4 is 0 Å². The molecular weight excluding hydrogens is 164 g/mol. The molecule has 0 spiro atoms. The van der Waals surface area contributed by atoms with E-state index in [2.05, 4.69) is 18.8 Å². The minimum Gasteiger partial charge on any atom is -0.393 e. The van der Waals surface area contributed by atoms with Gasteiger partial charge in [-0.3, -0.25) is 0 Å². The fourth-order valence-corrected chi connectivity index (χ4v) is 0.861. The lowest BCUT2D eigenvalue weighted by molar-refractivity contribution is 0.00628. The maximum Gasteiger partial charge on any atom is 0.0957 e. The fraction of sp³-hybridized carbons (Fsp3) is 0.818. The predicted octanol–water partition coefficient (Wildman–Crippen LogP) is 1.70. The van der Waals surface area contributed by atoms with Crippen LogP contribution in [0.5, 0.6) is 0 Å². The van der Waals surface area contributed by atoms with Gasteiger partial charge in [0.15, 0.2) is 0 Å². The van der Waals surface area contributed by atoms with Crippen molar-refractivity contribution in [1.29, 1.82) is 0 Å². The van der Waals surface area contributed by atoms with Crippen molar-refractivity contribution < 1.29 is 10.2 Å². The van der Waals surface area contributed by atoms with Crippen LogP contribution in [0.2, 0.25) is 0 Å². The second-order valence-corrected chi connectivity index (χ2v) is 3.64. The van der Waals surface area contributed by atoms with Gasteiger partial charge in [0.25, 0.3) is 0 Å². The smallest absolute Gasteiger partial charge is 0.0957 e. The van der Waals surface area contributed by atoms with E-state index < -0.39 is 5.60 Å². The SMILES string of the molecule is CCCCCC#CC[C@](C)(O)CO. The zero-order valence-corrected chi connectivity index (χ0v) is 8.64. The Balaban J connectivity index is 3.50. The zero-order chi connectivity index (χ0) is 10.2. The van der Waals surface area contributed by atoms with E-state index in [0.717, 1.165) is 12.8 Å². The molecule has 0 aliphatic heterocycles. The van der Waals surface area contributed by atoms with Gasteiger partial charge in [0.1, 0.15) is 0 Å². The Kier molecular flexibility index (Phi) is 6.66. The molecule has 13 heavy (non-hydrogen) atoms. The monoisotopic (exact) mass is 184 g/mol. The van der Waals surface area contributed by atoms with Crippen molar-refractivity contribution in [3.05, 3.63) is 0 Å². The Bertz CT molecular complexity index is 174. The van der Waals surface area contributed by atoms with Crippen molar-refractivity contribution >= 4 is 0 Å². The lowest BCUT2D eigenvalue weighted by atomic mass is 10.0. The van der Waals surface area contributed by atoms with Gasteiger partial charge in [-0.15, -0.1) is 11.8 Å². The highest BCUT2D eigenvalue weighted by molar-refractivity contribution is 5.02. The molecule has 2 N–H and O–H groups in total. The third-order valence-corrected chi connectivity index (χ3v) is 1.84. The summed E-state index contributed by atoms with van der Waals surface area (Å²) in [4.78, 5) is 0. The van der Waals surface area contributed by atoms with E-state index in [1.165, 1.54) is 12.8 Å². The lowest BCUT2D eigenvalue weighted by Crippen LogP contribution is -2.27. The highest BCUT2D eigenvalue weighted by atomic mass is 16.3.